The molecule has 126 heavy (non-hydrogen) atoms. The van der Waals surface area contributed by atoms with Gasteiger partial charge >= 0.3 is 17.9 Å². The first-order chi connectivity index (χ1) is 61.0. The van der Waals surface area contributed by atoms with Crippen molar-refractivity contribution < 1.29 is 62.1 Å². The molecule has 0 radical (unpaired) electrons. The molecule has 6 aromatic heterocycles. The Balaban J connectivity index is 0.000000147. The standard InChI is InChI=1S/3C32H26Cl3N3O4.4H2/c3*1-38-27-12-17(8-10-20(27)30(36-38)32(39)40-2)21-14-22(21)19-11-9-18(13-26(19)35)41-15-23-29(37-42-31(23)16-6-7-16)28-24(33)4-3-5-25(28)34;;;;/h3*3-5,8-13,16,21-22H,6-7,14-15H2,1-2H3;4*1H. The van der Waals surface area contributed by atoms with Gasteiger partial charge in [-0.1, -0.05) is 193 Å². The van der Waals surface area contributed by atoms with Gasteiger partial charge in [-0.2, -0.15) is 15.3 Å². The molecule has 0 aliphatic heterocycles. The summed E-state index contributed by atoms with van der Waals surface area (Å²) >= 11 is 59.4. The summed E-state index contributed by atoms with van der Waals surface area (Å²) in [5.41, 5.74) is 16.8. The zero-order chi connectivity index (χ0) is 87.4. The van der Waals surface area contributed by atoms with E-state index in [0.29, 0.717) is 167 Å². The number of halogens is 9. The highest BCUT2D eigenvalue weighted by molar-refractivity contribution is 6.41. The molecule has 21 nitrogen and oxygen atoms in total. The summed E-state index contributed by atoms with van der Waals surface area (Å²) in [5, 5.41) is 33.5. The predicted molar refractivity (Wildman–Crippen MR) is 494 cm³/mol. The number of carbonyl (C=O) groups is 3. The minimum atomic E-state index is -0.441. The third kappa shape index (κ3) is 16.8. The van der Waals surface area contributed by atoms with Crippen molar-refractivity contribution in [3.63, 3.8) is 0 Å². The number of benzene rings is 9. The largest absolute Gasteiger partial charge is 0.489 e. The maximum atomic E-state index is 12.1. The molecule has 6 unspecified atom stereocenters. The molecule has 30 heteroatoms. The molecule has 6 atom stereocenters. The van der Waals surface area contributed by atoms with Gasteiger partial charge in [0, 0.05) is 92.5 Å². The van der Waals surface area contributed by atoms with Crippen LogP contribution >= 0.6 is 104 Å². The SMILES string of the molecule is COC(=O)c1nn(C)c2cc(C3CC3c3ccc(OCc4c(-c5c(Cl)cccc5Cl)noc4C4CC4)cc3Cl)ccc12.COC(=O)c1nn(C)c2cc(C3CC3c3ccc(OCc4c(-c5c(Cl)cccc5Cl)noc4C4CC4)cc3Cl)ccc12.COC(=O)c1nn(C)c2cc(C3CC3c3ccc(OCc4c(-c5c(Cl)cccc5Cl)noc4C4CC4)cc3Cl)ccc12.[HH].[HH].[HH].[HH]. The summed E-state index contributed by atoms with van der Waals surface area (Å²) in [4.78, 5) is 36.3. The predicted octanol–water partition coefficient (Wildman–Crippen LogP) is 27.1. The molecule has 650 valence electrons. The first kappa shape index (κ1) is 84.9. The molecule has 6 saturated carbocycles. The Kier molecular flexibility index (Phi) is 23.5. The van der Waals surface area contributed by atoms with Crippen LogP contribution in [-0.2, 0) is 55.2 Å². The Morgan fingerprint density at radius 1 is 0.349 bits per heavy atom. The zero-order valence-electron chi connectivity index (χ0n) is 68.6. The van der Waals surface area contributed by atoms with E-state index in [9.17, 15) is 14.4 Å². The number of aromatic nitrogens is 9. The molecule has 6 heterocycles. The Labute approximate surface area is 774 Å². The molecule has 9 aromatic carbocycles. The van der Waals surface area contributed by atoms with Crippen LogP contribution in [0.25, 0.3) is 66.5 Å². The van der Waals surface area contributed by atoms with Crippen LogP contribution in [0.1, 0.15) is 216 Å². The van der Waals surface area contributed by atoms with E-state index in [1.807, 2.05) is 93.9 Å². The van der Waals surface area contributed by atoms with Gasteiger partial charge in [0.05, 0.1) is 84.7 Å². The van der Waals surface area contributed by atoms with Crippen molar-refractivity contribution in [3.8, 4) is 51.0 Å². The number of hydrogen-bond acceptors (Lipinski definition) is 18. The van der Waals surface area contributed by atoms with Crippen LogP contribution in [0.5, 0.6) is 17.2 Å². The van der Waals surface area contributed by atoms with Crippen molar-refractivity contribution in [2.75, 3.05) is 21.3 Å². The van der Waals surface area contributed by atoms with Gasteiger partial charge in [-0.15, -0.1) is 0 Å². The topological polar surface area (TPSA) is 238 Å². The number of carbonyl (C=O) groups excluding carboxylic acids is 3. The maximum absolute atomic E-state index is 12.1. The summed E-state index contributed by atoms with van der Waals surface area (Å²) in [6.07, 6.45) is 9.30. The molecule has 6 fully saturated rings. The van der Waals surface area contributed by atoms with Gasteiger partial charge < -0.3 is 42.0 Å². The summed E-state index contributed by atoms with van der Waals surface area (Å²) in [7, 11) is 9.58. The lowest BCUT2D eigenvalue weighted by Crippen LogP contribution is -2.03. The van der Waals surface area contributed by atoms with Crippen LogP contribution in [0, 0.1) is 0 Å². The molecular weight excluding hydrogens is 1790 g/mol. The normalized spacial score (nSPS) is 17.9. The lowest BCUT2D eigenvalue weighted by atomic mass is 10.0. The number of rotatable bonds is 24. The smallest absolute Gasteiger partial charge is 0.359 e. The van der Waals surface area contributed by atoms with Crippen molar-refractivity contribution in [3.05, 3.63) is 293 Å². The maximum Gasteiger partial charge on any atom is 0.359 e. The van der Waals surface area contributed by atoms with Crippen molar-refractivity contribution in [1.29, 1.82) is 0 Å². The Morgan fingerprint density at radius 2 is 0.611 bits per heavy atom. The highest BCUT2D eigenvalue weighted by atomic mass is 35.5. The molecule has 21 rings (SSSR count). The summed E-state index contributed by atoms with van der Waals surface area (Å²) in [6.45, 7) is 0.769. The average molecular weight is 1880 g/mol. The van der Waals surface area contributed by atoms with E-state index >= 15 is 0 Å². The first-order valence-electron chi connectivity index (χ1n) is 41.2. The van der Waals surface area contributed by atoms with Crippen molar-refractivity contribution >= 4 is 155 Å². The molecule has 0 bridgehead atoms. The molecule has 0 N–H and O–H groups in total. The fourth-order valence-electron chi connectivity index (χ4n) is 17.3. The van der Waals surface area contributed by atoms with Crippen LogP contribution in [-0.4, -0.2) is 84.0 Å². The molecule has 6 aliphatic rings. The van der Waals surface area contributed by atoms with Gasteiger partial charge in [0.1, 0.15) is 71.4 Å². The molecule has 0 amide bonds. The highest BCUT2D eigenvalue weighted by Crippen LogP contribution is 2.60. The summed E-state index contributed by atoms with van der Waals surface area (Å²) < 4.78 is 55.8. The van der Waals surface area contributed by atoms with E-state index < -0.39 is 17.9 Å². The van der Waals surface area contributed by atoms with Crippen molar-refractivity contribution in [2.45, 2.75) is 131 Å². The van der Waals surface area contributed by atoms with E-state index in [4.69, 9.17) is 146 Å². The lowest BCUT2D eigenvalue weighted by molar-refractivity contribution is 0.0586. The Morgan fingerprint density at radius 3 is 0.849 bits per heavy atom. The van der Waals surface area contributed by atoms with E-state index in [1.54, 1.807) is 68.6 Å². The number of esters is 3. The second kappa shape index (κ2) is 34.9. The summed E-state index contributed by atoms with van der Waals surface area (Å²) in [6, 6.07) is 52.1. The van der Waals surface area contributed by atoms with Gasteiger partial charge in [0.2, 0.25) is 0 Å². The molecule has 6 aliphatic carbocycles. The number of methoxy groups -OCH3 is 3. The third-order valence-corrected chi connectivity index (χ3v) is 27.5. The van der Waals surface area contributed by atoms with E-state index in [0.717, 1.165) is 141 Å². The van der Waals surface area contributed by atoms with Gasteiger partial charge in [0.25, 0.3) is 0 Å². The van der Waals surface area contributed by atoms with Crippen molar-refractivity contribution in [2.24, 2.45) is 21.1 Å². The van der Waals surface area contributed by atoms with Crippen LogP contribution in [0.15, 0.2) is 177 Å². The average Bonchev–Trinajstić information content (AvgIpc) is 1.60. The Bertz CT molecular complexity index is 6180. The van der Waals surface area contributed by atoms with Crippen LogP contribution in [0.2, 0.25) is 45.2 Å². The third-order valence-electron chi connectivity index (χ3n) is 24.6. The van der Waals surface area contributed by atoms with Crippen LogP contribution < -0.4 is 14.2 Å². The highest BCUT2D eigenvalue weighted by Gasteiger charge is 2.45. The second-order valence-corrected chi connectivity index (χ2v) is 36.4. The van der Waals surface area contributed by atoms with Gasteiger partial charge in [0.15, 0.2) is 17.1 Å². The molecule has 15 aromatic rings. The molecule has 0 saturated heterocycles. The monoisotopic (exact) mass is 1870 g/mol. The minimum Gasteiger partial charge on any atom is -0.489 e. The quantitative estimate of drug-likeness (QED) is 0.0403. The zero-order valence-corrected chi connectivity index (χ0v) is 75.4. The fourth-order valence-corrected chi connectivity index (χ4v) is 19.9. The number of ether oxygens (including phenoxy) is 6. The first-order valence-corrected chi connectivity index (χ1v) is 44.6. The van der Waals surface area contributed by atoms with E-state index in [1.165, 1.54) is 38.0 Å². The molecular formula is C96H86Cl9N9O12. The van der Waals surface area contributed by atoms with Gasteiger partial charge in [-0.25, -0.2) is 14.4 Å². The van der Waals surface area contributed by atoms with Crippen LogP contribution in [0.4, 0.5) is 0 Å². The van der Waals surface area contributed by atoms with Crippen molar-refractivity contribution in [1.82, 2.24) is 44.8 Å². The van der Waals surface area contributed by atoms with Crippen LogP contribution in [0.3, 0.4) is 0 Å². The lowest BCUT2D eigenvalue weighted by Gasteiger charge is -2.11. The number of aryl methyl sites for hydroxylation is 3. The van der Waals surface area contributed by atoms with Gasteiger partial charge in [-0.3, -0.25) is 14.0 Å². The number of fused-ring (bicyclic) bond motifs is 3. The fraction of sp³-hybridized carbons (Fsp3) is 0.281. The molecule has 0 spiro atoms. The number of nitrogens with zero attached hydrogens (tertiary/aromatic N) is 9. The summed E-state index contributed by atoms with van der Waals surface area (Å²) in [5.74, 6) is 6.02. The number of hydrogen-bond donors (Lipinski definition) is 0. The second-order valence-electron chi connectivity index (χ2n) is 32.7. The van der Waals surface area contributed by atoms with E-state index in [2.05, 4.69) is 67.2 Å². The van der Waals surface area contributed by atoms with Gasteiger partial charge in [-0.05, 0) is 218 Å². The van der Waals surface area contributed by atoms with E-state index in [-0.39, 0.29) is 25.5 Å². The minimum absolute atomic E-state index is 0. The Hall–Kier alpha value is -10.6.